The van der Waals surface area contributed by atoms with Gasteiger partial charge in [-0.15, -0.1) is 0 Å². The Morgan fingerprint density at radius 2 is 1.69 bits per heavy atom. The van der Waals surface area contributed by atoms with Crippen molar-refractivity contribution < 1.29 is 13.2 Å². The number of amides is 1. The molecule has 1 N–H and O–H groups in total. The number of para-hydroxylation sites is 1. The van der Waals surface area contributed by atoms with Crippen LogP contribution in [0.1, 0.15) is 43.1 Å². The number of sulfonamides is 1. The third-order valence-corrected chi connectivity index (χ3v) is 6.09. The molecule has 3 rings (SSSR count). The monoisotopic (exact) mass is 372 g/mol. The molecule has 0 fully saturated rings. The van der Waals surface area contributed by atoms with Crippen molar-refractivity contribution in [1.82, 2.24) is 5.32 Å². The summed E-state index contributed by atoms with van der Waals surface area (Å²) in [5, 5.41) is 2.87. The minimum Gasteiger partial charge on any atom is -0.347 e. The maximum Gasteiger partial charge on any atom is 0.264 e. The molecule has 1 heterocycles. The Kier molecular flexibility index (Phi) is 4.80. The Labute approximate surface area is 155 Å². The number of benzene rings is 2. The molecule has 0 aliphatic carbocycles. The summed E-state index contributed by atoms with van der Waals surface area (Å²) in [4.78, 5) is 12.4. The molecule has 0 radical (unpaired) electrons. The van der Waals surface area contributed by atoms with Gasteiger partial charge < -0.3 is 5.32 Å². The van der Waals surface area contributed by atoms with Crippen LogP contribution in [0.3, 0.4) is 0 Å². The van der Waals surface area contributed by atoms with Crippen LogP contribution in [0.25, 0.3) is 0 Å². The summed E-state index contributed by atoms with van der Waals surface area (Å²) in [5.74, 6) is -0.218. The van der Waals surface area contributed by atoms with Gasteiger partial charge in [0.15, 0.2) is 0 Å². The quantitative estimate of drug-likeness (QED) is 0.898. The second kappa shape index (κ2) is 6.76. The fourth-order valence-electron chi connectivity index (χ4n) is 3.07. The molecule has 0 spiro atoms. The summed E-state index contributed by atoms with van der Waals surface area (Å²) in [6, 6.07) is 13.7. The number of nitrogens with one attached hydrogen (secondary N) is 1. The van der Waals surface area contributed by atoms with E-state index >= 15 is 0 Å². The predicted octanol–water partition coefficient (Wildman–Crippen LogP) is 3.36. The lowest BCUT2D eigenvalue weighted by Gasteiger charge is -2.30. The molecule has 26 heavy (non-hydrogen) atoms. The summed E-state index contributed by atoms with van der Waals surface area (Å²) in [6.45, 7) is 6.16. The van der Waals surface area contributed by atoms with Crippen LogP contribution in [0.2, 0.25) is 0 Å². The molecule has 2 aromatic rings. The molecule has 0 bridgehead atoms. The fraction of sp³-hybridized carbons (Fsp3) is 0.350. The highest BCUT2D eigenvalue weighted by Gasteiger charge is 2.29. The van der Waals surface area contributed by atoms with Crippen LogP contribution in [0.4, 0.5) is 5.69 Å². The van der Waals surface area contributed by atoms with E-state index in [0.29, 0.717) is 12.1 Å². The Morgan fingerprint density at radius 1 is 1.04 bits per heavy atom. The van der Waals surface area contributed by atoms with Gasteiger partial charge in [0, 0.05) is 17.6 Å². The number of aryl methyl sites for hydroxylation is 1. The minimum absolute atomic E-state index is 0.196. The van der Waals surface area contributed by atoms with Gasteiger partial charge in [-0.2, -0.15) is 0 Å². The second-order valence-corrected chi connectivity index (χ2v) is 9.40. The summed E-state index contributed by atoms with van der Waals surface area (Å²) in [6.07, 6.45) is 1.68. The Bertz CT molecular complexity index is 913. The first-order chi connectivity index (χ1) is 12.2. The normalized spacial score (nSPS) is 14.7. The topological polar surface area (TPSA) is 66.5 Å². The molecule has 0 atom stereocenters. The lowest BCUT2D eigenvalue weighted by molar-refractivity contribution is 0.0919. The van der Waals surface area contributed by atoms with E-state index in [1.54, 1.807) is 12.1 Å². The van der Waals surface area contributed by atoms with Gasteiger partial charge in [0.25, 0.3) is 15.9 Å². The van der Waals surface area contributed by atoms with Gasteiger partial charge in [-0.1, -0.05) is 18.2 Å². The number of nitrogens with zero attached hydrogens (tertiary/aromatic N) is 1. The van der Waals surface area contributed by atoms with E-state index in [1.807, 2.05) is 45.0 Å². The van der Waals surface area contributed by atoms with Crippen LogP contribution >= 0.6 is 0 Å². The van der Waals surface area contributed by atoms with Gasteiger partial charge in [-0.05, 0) is 69.5 Å². The number of fused-ring (bicyclic) bond motifs is 1. The van der Waals surface area contributed by atoms with Crippen molar-refractivity contribution in [3.05, 3.63) is 59.7 Å². The van der Waals surface area contributed by atoms with Gasteiger partial charge in [0.05, 0.1) is 10.6 Å². The van der Waals surface area contributed by atoms with Gasteiger partial charge in [0.1, 0.15) is 0 Å². The molecule has 2 aromatic carbocycles. The average Bonchev–Trinajstić information content (AvgIpc) is 2.60. The molecule has 1 amide bonds. The van der Waals surface area contributed by atoms with Gasteiger partial charge in [-0.25, -0.2) is 8.42 Å². The molecular weight excluding hydrogens is 348 g/mol. The number of hydrogen-bond acceptors (Lipinski definition) is 3. The van der Waals surface area contributed by atoms with Crippen molar-refractivity contribution in [3.63, 3.8) is 0 Å². The first-order valence-corrected chi connectivity index (χ1v) is 10.2. The highest BCUT2D eigenvalue weighted by molar-refractivity contribution is 7.92. The van der Waals surface area contributed by atoms with Crippen LogP contribution in [0.5, 0.6) is 0 Å². The zero-order chi connectivity index (χ0) is 18.9. The minimum atomic E-state index is -3.65. The molecule has 0 saturated heterocycles. The van der Waals surface area contributed by atoms with Crippen LogP contribution in [-0.4, -0.2) is 26.4 Å². The second-order valence-electron chi connectivity index (χ2n) is 7.54. The maximum atomic E-state index is 13.1. The van der Waals surface area contributed by atoms with Crippen molar-refractivity contribution in [2.45, 2.75) is 44.0 Å². The standard InChI is InChI=1S/C20H24N2O3S/c1-20(2,3)21-19(23)16-10-12-17(13-11-16)26(24,25)22-14-6-8-15-7-4-5-9-18(15)22/h4-5,7,9-13H,6,8,14H2,1-3H3,(H,21,23). The number of carbonyl (C=O) groups is 1. The number of rotatable bonds is 3. The van der Waals surface area contributed by atoms with Crippen molar-refractivity contribution in [1.29, 1.82) is 0 Å². The van der Waals surface area contributed by atoms with Crippen molar-refractivity contribution in [2.75, 3.05) is 10.8 Å². The fourth-order valence-corrected chi connectivity index (χ4v) is 4.61. The average molecular weight is 372 g/mol. The predicted molar refractivity (Wildman–Crippen MR) is 103 cm³/mol. The van der Waals surface area contributed by atoms with E-state index in [4.69, 9.17) is 0 Å². The van der Waals surface area contributed by atoms with Crippen molar-refractivity contribution in [3.8, 4) is 0 Å². The van der Waals surface area contributed by atoms with E-state index in [1.165, 1.54) is 16.4 Å². The van der Waals surface area contributed by atoms with Gasteiger partial charge >= 0.3 is 0 Å². The lowest BCUT2D eigenvalue weighted by Crippen LogP contribution is -2.40. The molecule has 138 valence electrons. The molecule has 5 nitrogen and oxygen atoms in total. The zero-order valence-electron chi connectivity index (χ0n) is 15.3. The lowest BCUT2D eigenvalue weighted by atomic mass is 10.0. The molecular formula is C20H24N2O3S. The van der Waals surface area contributed by atoms with E-state index in [2.05, 4.69) is 5.32 Å². The smallest absolute Gasteiger partial charge is 0.264 e. The SMILES string of the molecule is CC(C)(C)NC(=O)c1ccc(S(=O)(=O)N2CCCc3ccccc32)cc1. The molecule has 1 aliphatic rings. The van der Waals surface area contributed by atoms with E-state index in [-0.39, 0.29) is 16.3 Å². The summed E-state index contributed by atoms with van der Waals surface area (Å²) in [7, 11) is -3.65. The molecule has 6 heteroatoms. The number of anilines is 1. The van der Waals surface area contributed by atoms with Gasteiger partial charge in [-0.3, -0.25) is 9.10 Å². The summed E-state index contributed by atoms with van der Waals surface area (Å²) >= 11 is 0. The molecule has 0 saturated carbocycles. The van der Waals surface area contributed by atoms with E-state index in [0.717, 1.165) is 24.1 Å². The first-order valence-electron chi connectivity index (χ1n) is 8.72. The van der Waals surface area contributed by atoms with E-state index in [9.17, 15) is 13.2 Å². The number of hydrogen-bond donors (Lipinski definition) is 1. The van der Waals surface area contributed by atoms with Crippen LogP contribution < -0.4 is 9.62 Å². The Hall–Kier alpha value is -2.34. The van der Waals surface area contributed by atoms with Crippen LogP contribution in [0.15, 0.2) is 53.4 Å². The highest BCUT2D eigenvalue weighted by Crippen LogP contribution is 2.31. The Morgan fingerprint density at radius 3 is 2.35 bits per heavy atom. The van der Waals surface area contributed by atoms with Crippen LogP contribution in [0, 0.1) is 0 Å². The highest BCUT2D eigenvalue weighted by atomic mass is 32.2. The molecule has 0 aromatic heterocycles. The Balaban J connectivity index is 1.89. The van der Waals surface area contributed by atoms with E-state index < -0.39 is 10.0 Å². The van der Waals surface area contributed by atoms with Crippen molar-refractivity contribution >= 4 is 21.6 Å². The third kappa shape index (κ3) is 3.75. The van der Waals surface area contributed by atoms with Crippen molar-refractivity contribution in [2.24, 2.45) is 0 Å². The van der Waals surface area contributed by atoms with Crippen LogP contribution in [-0.2, 0) is 16.4 Å². The maximum absolute atomic E-state index is 13.1. The number of carbonyl (C=O) groups excluding carboxylic acids is 1. The third-order valence-electron chi connectivity index (χ3n) is 4.26. The largest absolute Gasteiger partial charge is 0.347 e. The van der Waals surface area contributed by atoms with Gasteiger partial charge in [0.2, 0.25) is 0 Å². The first kappa shape index (κ1) is 18.5. The zero-order valence-corrected chi connectivity index (χ0v) is 16.1. The molecule has 0 unspecified atom stereocenters. The summed E-state index contributed by atoms with van der Waals surface area (Å²) in [5.41, 5.74) is 1.88. The summed E-state index contributed by atoms with van der Waals surface area (Å²) < 4.78 is 27.6. The molecule has 1 aliphatic heterocycles.